The van der Waals surface area contributed by atoms with E-state index in [0.717, 1.165) is 23.1 Å². The summed E-state index contributed by atoms with van der Waals surface area (Å²) in [6.45, 7) is 4.03. The Morgan fingerprint density at radius 1 is 1.05 bits per heavy atom. The van der Waals surface area contributed by atoms with E-state index in [2.05, 4.69) is 31.2 Å². The Bertz CT molecular complexity index is 597. The van der Waals surface area contributed by atoms with Crippen molar-refractivity contribution >= 4 is 5.97 Å². The number of rotatable bonds is 5. The quantitative estimate of drug-likeness (QED) is 0.853. The fraction of sp³-hybridized carbons (Fsp3) is 0.278. The van der Waals surface area contributed by atoms with E-state index in [1.54, 1.807) is 6.07 Å². The largest absolute Gasteiger partial charge is 0.478 e. The SMILES string of the molecule is CCCCc1ccc(-c2ccc(C(=O)O)c(C)c2)cc1. The number of aromatic carboxylic acids is 1. The molecule has 0 aliphatic rings. The molecular formula is C18H20O2. The first kappa shape index (κ1) is 14.3. The lowest BCUT2D eigenvalue weighted by Crippen LogP contribution is -1.99. The van der Waals surface area contributed by atoms with Crippen molar-refractivity contribution in [3.63, 3.8) is 0 Å². The van der Waals surface area contributed by atoms with Crippen molar-refractivity contribution in [2.45, 2.75) is 33.1 Å². The summed E-state index contributed by atoms with van der Waals surface area (Å²) in [5.41, 5.74) is 4.72. The van der Waals surface area contributed by atoms with Crippen LogP contribution in [0.2, 0.25) is 0 Å². The number of carboxylic acid groups (broad SMARTS) is 1. The molecule has 0 saturated carbocycles. The molecule has 2 aromatic carbocycles. The Morgan fingerprint density at radius 2 is 1.70 bits per heavy atom. The normalized spacial score (nSPS) is 10.5. The number of carboxylic acids is 1. The van der Waals surface area contributed by atoms with Gasteiger partial charge in [0, 0.05) is 0 Å². The van der Waals surface area contributed by atoms with E-state index >= 15 is 0 Å². The second kappa shape index (κ2) is 6.38. The van der Waals surface area contributed by atoms with Gasteiger partial charge in [0.2, 0.25) is 0 Å². The number of hydrogen-bond donors (Lipinski definition) is 1. The van der Waals surface area contributed by atoms with E-state index in [1.165, 1.54) is 18.4 Å². The number of unbranched alkanes of at least 4 members (excludes halogenated alkanes) is 1. The predicted octanol–water partition coefficient (Wildman–Crippen LogP) is 4.70. The van der Waals surface area contributed by atoms with E-state index in [1.807, 2.05) is 19.1 Å². The number of hydrogen-bond acceptors (Lipinski definition) is 1. The molecule has 0 fully saturated rings. The minimum absolute atomic E-state index is 0.369. The summed E-state index contributed by atoms with van der Waals surface area (Å²) in [6.07, 6.45) is 3.54. The minimum Gasteiger partial charge on any atom is -0.478 e. The Morgan fingerprint density at radius 3 is 2.25 bits per heavy atom. The van der Waals surface area contributed by atoms with Gasteiger partial charge < -0.3 is 5.11 Å². The van der Waals surface area contributed by atoms with E-state index in [4.69, 9.17) is 5.11 Å². The minimum atomic E-state index is -0.871. The van der Waals surface area contributed by atoms with Crippen LogP contribution in [0.4, 0.5) is 0 Å². The van der Waals surface area contributed by atoms with Gasteiger partial charge in [0.05, 0.1) is 5.56 Å². The van der Waals surface area contributed by atoms with Crippen LogP contribution in [0, 0.1) is 6.92 Å². The van der Waals surface area contributed by atoms with Gasteiger partial charge in [0.25, 0.3) is 0 Å². The van der Waals surface area contributed by atoms with Crippen LogP contribution in [0.15, 0.2) is 42.5 Å². The molecule has 0 unspecified atom stereocenters. The topological polar surface area (TPSA) is 37.3 Å². The molecule has 0 spiro atoms. The highest BCUT2D eigenvalue weighted by Gasteiger charge is 2.08. The van der Waals surface area contributed by atoms with Gasteiger partial charge in [-0.1, -0.05) is 49.7 Å². The van der Waals surface area contributed by atoms with Crippen molar-refractivity contribution in [1.82, 2.24) is 0 Å². The molecule has 1 N–H and O–H groups in total. The van der Waals surface area contributed by atoms with Gasteiger partial charge >= 0.3 is 5.97 Å². The van der Waals surface area contributed by atoms with Gasteiger partial charge in [-0.15, -0.1) is 0 Å². The molecule has 104 valence electrons. The summed E-state index contributed by atoms with van der Waals surface area (Å²) in [7, 11) is 0. The molecule has 0 aliphatic heterocycles. The van der Waals surface area contributed by atoms with Crippen molar-refractivity contribution in [2.75, 3.05) is 0 Å². The lowest BCUT2D eigenvalue weighted by Gasteiger charge is -2.07. The highest BCUT2D eigenvalue weighted by Crippen LogP contribution is 2.23. The molecule has 2 rings (SSSR count). The van der Waals surface area contributed by atoms with Gasteiger partial charge in [-0.3, -0.25) is 0 Å². The van der Waals surface area contributed by atoms with E-state index in [-0.39, 0.29) is 0 Å². The van der Waals surface area contributed by atoms with Gasteiger partial charge in [-0.25, -0.2) is 4.79 Å². The van der Waals surface area contributed by atoms with Crippen LogP contribution < -0.4 is 0 Å². The summed E-state index contributed by atoms with van der Waals surface area (Å²) in [4.78, 5) is 11.0. The fourth-order valence-electron chi connectivity index (χ4n) is 2.33. The average molecular weight is 268 g/mol. The first-order chi connectivity index (χ1) is 9.61. The van der Waals surface area contributed by atoms with Gasteiger partial charge in [0.15, 0.2) is 0 Å². The van der Waals surface area contributed by atoms with Crippen LogP contribution in [-0.2, 0) is 6.42 Å². The van der Waals surface area contributed by atoms with Gasteiger partial charge in [-0.05, 0) is 48.1 Å². The van der Waals surface area contributed by atoms with Crippen LogP contribution in [0.3, 0.4) is 0 Å². The van der Waals surface area contributed by atoms with Gasteiger partial charge in [0.1, 0.15) is 0 Å². The predicted molar refractivity (Wildman–Crippen MR) is 82.2 cm³/mol. The molecule has 20 heavy (non-hydrogen) atoms. The maximum atomic E-state index is 11.0. The average Bonchev–Trinajstić information content (AvgIpc) is 2.45. The molecule has 0 radical (unpaired) electrons. The monoisotopic (exact) mass is 268 g/mol. The smallest absolute Gasteiger partial charge is 0.335 e. The summed E-state index contributed by atoms with van der Waals surface area (Å²) in [5, 5.41) is 9.05. The molecule has 0 bridgehead atoms. The van der Waals surface area contributed by atoms with Crippen molar-refractivity contribution in [1.29, 1.82) is 0 Å². The summed E-state index contributed by atoms with van der Waals surface area (Å²) < 4.78 is 0. The first-order valence-electron chi connectivity index (χ1n) is 7.05. The number of carbonyl (C=O) groups is 1. The maximum Gasteiger partial charge on any atom is 0.335 e. The van der Waals surface area contributed by atoms with Gasteiger partial charge in [-0.2, -0.15) is 0 Å². The first-order valence-corrected chi connectivity index (χ1v) is 7.05. The zero-order chi connectivity index (χ0) is 14.5. The second-order valence-corrected chi connectivity index (χ2v) is 5.14. The van der Waals surface area contributed by atoms with Crippen molar-refractivity contribution < 1.29 is 9.90 Å². The van der Waals surface area contributed by atoms with Crippen LogP contribution in [0.1, 0.15) is 41.3 Å². The molecule has 0 aromatic heterocycles. The highest BCUT2D eigenvalue weighted by atomic mass is 16.4. The molecular weight excluding hydrogens is 248 g/mol. The molecule has 2 heteroatoms. The van der Waals surface area contributed by atoms with E-state index < -0.39 is 5.97 Å². The Kier molecular flexibility index (Phi) is 4.57. The summed E-state index contributed by atoms with van der Waals surface area (Å²) in [5.74, 6) is -0.871. The summed E-state index contributed by atoms with van der Waals surface area (Å²) in [6, 6.07) is 14.0. The molecule has 0 saturated heterocycles. The molecule has 2 aromatic rings. The second-order valence-electron chi connectivity index (χ2n) is 5.14. The highest BCUT2D eigenvalue weighted by molar-refractivity contribution is 5.90. The Hall–Kier alpha value is -2.09. The van der Waals surface area contributed by atoms with Crippen LogP contribution in [-0.4, -0.2) is 11.1 Å². The summed E-state index contributed by atoms with van der Waals surface area (Å²) >= 11 is 0. The van der Waals surface area contributed by atoms with E-state index in [9.17, 15) is 4.79 Å². The Balaban J connectivity index is 2.23. The molecule has 0 heterocycles. The zero-order valence-corrected chi connectivity index (χ0v) is 12.0. The standard InChI is InChI=1S/C18H20O2/c1-3-4-5-14-6-8-15(9-7-14)16-10-11-17(18(19)20)13(2)12-16/h6-12H,3-5H2,1-2H3,(H,19,20). The van der Waals surface area contributed by atoms with Crippen molar-refractivity contribution in [3.8, 4) is 11.1 Å². The fourth-order valence-corrected chi connectivity index (χ4v) is 2.33. The zero-order valence-electron chi connectivity index (χ0n) is 12.0. The third kappa shape index (κ3) is 3.27. The van der Waals surface area contributed by atoms with Crippen LogP contribution in [0.25, 0.3) is 11.1 Å². The molecule has 0 aliphatic carbocycles. The third-order valence-corrected chi connectivity index (χ3v) is 3.56. The maximum absolute atomic E-state index is 11.0. The molecule has 0 amide bonds. The molecule has 0 atom stereocenters. The number of benzene rings is 2. The lowest BCUT2D eigenvalue weighted by molar-refractivity contribution is 0.0696. The van der Waals surface area contributed by atoms with Crippen LogP contribution >= 0.6 is 0 Å². The lowest BCUT2D eigenvalue weighted by atomic mass is 9.98. The third-order valence-electron chi connectivity index (χ3n) is 3.56. The van der Waals surface area contributed by atoms with E-state index in [0.29, 0.717) is 5.56 Å². The Labute approximate surface area is 120 Å². The van der Waals surface area contributed by atoms with Crippen molar-refractivity contribution in [2.24, 2.45) is 0 Å². The molecule has 2 nitrogen and oxygen atoms in total. The number of aryl methyl sites for hydroxylation is 2. The van der Waals surface area contributed by atoms with Crippen LogP contribution in [0.5, 0.6) is 0 Å². The van der Waals surface area contributed by atoms with Crippen molar-refractivity contribution in [3.05, 3.63) is 59.2 Å².